The molecule has 0 fully saturated rings. The van der Waals surface area contributed by atoms with Crippen LogP contribution in [0.15, 0.2) is 36.9 Å². The first-order valence-corrected chi connectivity index (χ1v) is 6.59. The molecule has 1 aromatic carbocycles. The third-order valence-electron chi connectivity index (χ3n) is 3.13. The Morgan fingerprint density at radius 1 is 1.40 bits per heavy atom. The quantitative estimate of drug-likeness (QED) is 0.836. The number of ether oxygens (including phenoxy) is 1. The van der Waals surface area contributed by atoms with Gasteiger partial charge in [-0.2, -0.15) is 0 Å². The minimum atomic E-state index is -0.262. The third kappa shape index (κ3) is 3.60. The Hall–Kier alpha value is -2.30. The summed E-state index contributed by atoms with van der Waals surface area (Å²) in [7, 11) is 0. The summed E-state index contributed by atoms with van der Waals surface area (Å²) in [5.41, 5.74) is 1.01. The smallest absolute Gasteiger partial charge is 0.243 e. The van der Waals surface area contributed by atoms with Gasteiger partial charge < -0.3 is 15.0 Å². The molecule has 0 radical (unpaired) electrons. The second kappa shape index (κ2) is 6.75. The van der Waals surface area contributed by atoms with E-state index in [4.69, 9.17) is 4.74 Å². The lowest BCUT2D eigenvalue weighted by atomic mass is 10.2. The van der Waals surface area contributed by atoms with Crippen molar-refractivity contribution in [2.24, 2.45) is 0 Å². The summed E-state index contributed by atoms with van der Waals surface area (Å²) >= 11 is 0. The van der Waals surface area contributed by atoms with Crippen LogP contribution in [-0.2, 0) is 16.1 Å². The summed E-state index contributed by atoms with van der Waals surface area (Å²) in [4.78, 5) is 24.9. The van der Waals surface area contributed by atoms with Crippen LogP contribution in [0.2, 0.25) is 0 Å². The number of para-hydroxylation sites is 1. The van der Waals surface area contributed by atoms with Crippen LogP contribution >= 0.6 is 0 Å². The zero-order valence-corrected chi connectivity index (χ0v) is 11.3. The second-order valence-electron chi connectivity index (χ2n) is 4.52. The summed E-state index contributed by atoms with van der Waals surface area (Å²) < 4.78 is 5.61. The first-order chi connectivity index (χ1) is 9.70. The van der Waals surface area contributed by atoms with Crippen LogP contribution in [0, 0.1) is 0 Å². The van der Waals surface area contributed by atoms with Crippen molar-refractivity contribution >= 4 is 11.8 Å². The molecule has 0 bridgehead atoms. The van der Waals surface area contributed by atoms with Crippen LogP contribution in [0.5, 0.6) is 5.75 Å². The molecule has 1 heterocycles. The molecule has 2 rings (SSSR count). The van der Waals surface area contributed by atoms with Gasteiger partial charge in [-0.25, -0.2) is 0 Å². The van der Waals surface area contributed by atoms with E-state index >= 15 is 0 Å². The first-order valence-electron chi connectivity index (χ1n) is 6.59. The maximum absolute atomic E-state index is 12.1. The molecule has 2 amide bonds. The van der Waals surface area contributed by atoms with E-state index in [2.05, 4.69) is 11.9 Å². The van der Waals surface area contributed by atoms with Gasteiger partial charge in [0.15, 0.2) is 0 Å². The number of hydrogen-bond acceptors (Lipinski definition) is 3. The van der Waals surface area contributed by atoms with Crippen LogP contribution in [-0.4, -0.2) is 36.4 Å². The molecule has 0 aliphatic carbocycles. The standard InChI is InChI=1S/C15H18N2O3/c1-2-14(18)16-8-7-15(19)17-9-10-20-13-6-4-3-5-12(13)11-17/h2-6H,1,7-11H2,(H,16,18). The van der Waals surface area contributed by atoms with Crippen molar-refractivity contribution in [2.45, 2.75) is 13.0 Å². The molecule has 0 atom stereocenters. The van der Waals surface area contributed by atoms with Crippen molar-refractivity contribution in [3.8, 4) is 5.75 Å². The van der Waals surface area contributed by atoms with E-state index in [-0.39, 0.29) is 18.2 Å². The highest BCUT2D eigenvalue weighted by Crippen LogP contribution is 2.22. The van der Waals surface area contributed by atoms with Gasteiger partial charge in [-0.15, -0.1) is 0 Å². The van der Waals surface area contributed by atoms with Gasteiger partial charge in [-0.1, -0.05) is 24.8 Å². The fourth-order valence-corrected chi connectivity index (χ4v) is 2.06. The van der Waals surface area contributed by atoms with Gasteiger partial charge in [0.05, 0.1) is 6.54 Å². The molecule has 5 heteroatoms. The van der Waals surface area contributed by atoms with Crippen molar-refractivity contribution in [1.82, 2.24) is 10.2 Å². The Morgan fingerprint density at radius 3 is 3.00 bits per heavy atom. The van der Waals surface area contributed by atoms with Gasteiger partial charge in [0.1, 0.15) is 12.4 Å². The van der Waals surface area contributed by atoms with Crippen molar-refractivity contribution in [1.29, 1.82) is 0 Å². The van der Waals surface area contributed by atoms with Crippen molar-refractivity contribution < 1.29 is 14.3 Å². The molecule has 1 aromatic rings. The van der Waals surface area contributed by atoms with Crippen molar-refractivity contribution in [3.63, 3.8) is 0 Å². The normalized spacial score (nSPS) is 13.7. The Morgan fingerprint density at radius 2 is 2.20 bits per heavy atom. The van der Waals surface area contributed by atoms with Gasteiger partial charge in [-0.3, -0.25) is 9.59 Å². The third-order valence-corrected chi connectivity index (χ3v) is 3.13. The van der Waals surface area contributed by atoms with Crippen molar-refractivity contribution in [3.05, 3.63) is 42.5 Å². The molecule has 5 nitrogen and oxygen atoms in total. The van der Waals surface area contributed by atoms with E-state index in [9.17, 15) is 9.59 Å². The molecule has 0 spiro atoms. The number of nitrogens with zero attached hydrogens (tertiary/aromatic N) is 1. The molecule has 0 unspecified atom stereocenters. The fraction of sp³-hybridized carbons (Fsp3) is 0.333. The van der Waals surface area contributed by atoms with E-state index in [1.165, 1.54) is 6.08 Å². The van der Waals surface area contributed by atoms with E-state index in [0.29, 0.717) is 26.2 Å². The molecule has 0 aromatic heterocycles. The summed E-state index contributed by atoms with van der Waals surface area (Å²) in [6, 6.07) is 7.72. The van der Waals surface area contributed by atoms with Gasteiger partial charge in [0.2, 0.25) is 11.8 Å². The molecular formula is C15H18N2O3. The summed E-state index contributed by atoms with van der Waals surface area (Å²) in [6.45, 7) is 5.28. The Kier molecular flexibility index (Phi) is 4.76. The van der Waals surface area contributed by atoms with Crippen LogP contribution in [0.4, 0.5) is 0 Å². The predicted molar refractivity (Wildman–Crippen MR) is 75.2 cm³/mol. The van der Waals surface area contributed by atoms with Crippen LogP contribution in [0.3, 0.4) is 0 Å². The van der Waals surface area contributed by atoms with Gasteiger partial charge >= 0.3 is 0 Å². The molecule has 20 heavy (non-hydrogen) atoms. The monoisotopic (exact) mass is 274 g/mol. The average Bonchev–Trinajstić information content (AvgIpc) is 2.69. The van der Waals surface area contributed by atoms with Crippen molar-refractivity contribution in [2.75, 3.05) is 19.7 Å². The number of hydrogen-bond donors (Lipinski definition) is 1. The summed E-state index contributed by atoms with van der Waals surface area (Å²) in [6.07, 6.45) is 1.47. The Balaban J connectivity index is 1.91. The molecule has 1 N–H and O–H groups in total. The molecule has 1 aliphatic rings. The summed E-state index contributed by atoms with van der Waals surface area (Å²) in [5, 5.41) is 2.60. The zero-order valence-electron chi connectivity index (χ0n) is 11.3. The molecule has 0 saturated heterocycles. The topological polar surface area (TPSA) is 58.6 Å². The molecule has 0 saturated carbocycles. The van der Waals surface area contributed by atoms with Gasteiger partial charge in [0.25, 0.3) is 0 Å². The van der Waals surface area contributed by atoms with Crippen LogP contribution in [0.25, 0.3) is 0 Å². The second-order valence-corrected chi connectivity index (χ2v) is 4.52. The SMILES string of the molecule is C=CC(=O)NCCC(=O)N1CCOc2ccccc2C1. The first kappa shape index (κ1) is 14.1. The maximum atomic E-state index is 12.1. The number of benzene rings is 1. The molecule has 1 aliphatic heterocycles. The highest BCUT2D eigenvalue weighted by atomic mass is 16.5. The average molecular weight is 274 g/mol. The highest BCUT2D eigenvalue weighted by Gasteiger charge is 2.19. The van der Waals surface area contributed by atoms with Gasteiger partial charge in [-0.05, 0) is 12.1 Å². The lowest BCUT2D eigenvalue weighted by Crippen LogP contribution is -2.35. The van der Waals surface area contributed by atoms with E-state index < -0.39 is 0 Å². The highest BCUT2D eigenvalue weighted by molar-refractivity contribution is 5.87. The van der Waals surface area contributed by atoms with E-state index in [0.717, 1.165) is 11.3 Å². The number of fused-ring (bicyclic) bond motifs is 1. The molecular weight excluding hydrogens is 256 g/mol. The number of carbonyl (C=O) groups is 2. The lowest BCUT2D eigenvalue weighted by molar-refractivity contribution is -0.131. The zero-order chi connectivity index (χ0) is 14.4. The van der Waals surface area contributed by atoms with E-state index in [1.807, 2.05) is 24.3 Å². The predicted octanol–water partition coefficient (Wildman–Crippen LogP) is 1.10. The Bertz CT molecular complexity index is 514. The largest absolute Gasteiger partial charge is 0.491 e. The lowest BCUT2D eigenvalue weighted by Gasteiger charge is -2.19. The summed E-state index contributed by atoms with van der Waals surface area (Å²) in [5.74, 6) is 0.583. The minimum absolute atomic E-state index is 0.00895. The van der Waals surface area contributed by atoms with Crippen LogP contribution in [0.1, 0.15) is 12.0 Å². The maximum Gasteiger partial charge on any atom is 0.243 e. The number of rotatable bonds is 4. The Labute approximate surface area is 118 Å². The van der Waals surface area contributed by atoms with E-state index in [1.54, 1.807) is 4.90 Å². The minimum Gasteiger partial charge on any atom is -0.491 e. The number of amides is 2. The number of nitrogens with one attached hydrogen (secondary N) is 1. The number of carbonyl (C=O) groups excluding carboxylic acids is 2. The van der Waals surface area contributed by atoms with Crippen LogP contribution < -0.4 is 10.1 Å². The molecule has 106 valence electrons. The fourth-order valence-electron chi connectivity index (χ4n) is 2.06. The van der Waals surface area contributed by atoms with Gasteiger partial charge in [0, 0.05) is 25.1 Å².